The molecule has 1 heterocycles. The first-order valence-electron chi connectivity index (χ1n) is 5.66. The molecule has 1 rings (SSSR count). The normalized spacial score (nSPS) is 20.8. The smallest absolute Gasteiger partial charge is 0.374 e. The highest BCUT2D eigenvalue weighted by Crippen LogP contribution is 2.23. The topological polar surface area (TPSA) is 27.7 Å². The van der Waals surface area contributed by atoms with Gasteiger partial charge in [0.05, 0.1) is 19.6 Å². The monoisotopic (exact) mass is 234 g/mol. The highest BCUT2D eigenvalue weighted by Gasteiger charge is 2.48. The van der Waals surface area contributed by atoms with Crippen LogP contribution in [0.2, 0.25) is 0 Å². The molecule has 0 aromatic rings. The van der Waals surface area contributed by atoms with E-state index in [4.69, 9.17) is 13.3 Å². The third kappa shape index (κ3) is 2.79. The fraction of sp³-hybridized carbons (Fsp3) is 1.00. The second-order valence-electron chi connectivity index (χ2n) is 4.27. The summed E-state index contributed by atoms with van der Waals surface area (Å²) in [6.45, 7) is 5.86. The first kappa shape index (κ1) is 13.1. The molecule has 1 aliphatic heterocycles. The van der Waals surface area contributed by atoms with Crippen molar-refractivity contribution < 1.29 is 17.8 Å². The summed E-state index contributed by atoms with van der Waals surface area (Å²) >= 11 is 0. The van der Waals surface area contributed by atoms with Crippen LogP contribution in [0.1, 0.15) is 19.8 Å². The van der Waals surface area contributed by atoms with Gasteiger partial charge in [0.1, 0.15) is 6.17 Å². The first-order valence-corrected chi connectivity index (χ1v) is 7.59. The molecule has 0 bridgehead atoms. The lowest BCUT2D eigenvalue weighted by Crippen LogP contribution is -2.61. The lowest BCUT2D eigenvalue weighted by atomic mass is 10.4. The molecule has 1 saturated heterocycles. The number of nitrogens with zero attached hydrogens (tertiary/aromatic N) is 1. The highest BCUT2D eigenvalue weighted by molar-refractivity contribution is 6.60. The van der Waals surface area contributed by atoms with Gasteiger partial charge in [-0.3, -0.25) is 0 Å². The van der Waals surface area contributed by atoms with Gasteiger partial charge < -0.3 is 17.8 Å². The van der Waals surface area contributed by atoms with Crippen LogP contribution in [0.3, 0.4) is 0 Å². The van der Waals surface area contributed by atoms with Crippen LogP contribution in [0.5, 0.6) is 0 Å². The van der Waals surface area contributed by atoms with E-state index < -0.39 is 8.80 Å². The molecule has 4 nitrogen and oxygen atoms in total. The molecule has 1 fully saturated rings. The zero-order valence-corrected chi connectivity index (χ0v) is 11.4. The van der Waals surface area contributed by atoms with Crippen molar-refractivity contribution in [3.8, 4) is 0 Å². The second-order valence-corrected chi connectivity index (χ2v) is 7.17. The molecule has 0 unspecified atom stereocenters. The van der Waals surface area contributed by atoms with E-state index in [1.54, 1.807) is 21.3 Å². The molecule has 5 heteroatoms. The molecule has 0 atom stereocenters. The Kier molecular flexibility index (Phi) is 4.73. The molecule has 0 aromatic heterocycles. The van der Waals surface area contributed by atoms with Crippen molar-refractivity contribution in [2.24, 2.45) is 0 Å². The van der Waals surface area contributed by atoms with Crippen LogP contribution in [0.4, 0.5) is 0 Å². The summed E-state index contributed by atoms with van der Waals surface area (Å²) < 4.78 is 17.6. The largest absolute Gasteiger partial charge is 0.558 e. The molecule has 0 spiro atoms. The molecule has 0 N–H and O–H groups in total. The van der Waals surface area contributed by atoms with E-state index in [1.165, 1.54) is 25.9 Å². The summed E-state index contributed by atoms with van der Waals surface area (Å²) in [5.41, 5.74) is 0. The third-order valence-corrected chi connectivity index (χ3v) is 6.57. The standard InChI is InChI=1S/C10H24NO3Si/c1-5-11(8-6-7-9-11)10-15(12-2,13-3)14-4/h5-10H2,1-4H3/q+1. The van der Waals surface area contributed by atoms with Crippen molar-refractivity contribution in [2.45, 2.75) is 19.8 Å². The molecule has 90 valence electrons. The van der Waals surface area contributed by atoms with Crippen molar-refractivity contribution in [3.05, 3.63) is 0 Å². The van der Waals surface area contributed by atoms with Crippen molar-refractivity contribution >= 4 is 8.80 Å². The highest BCUT2D eigenvalue weighted by atomic mass is 28.4. The zero-order chi connectivity index (χ0) is 11.4. The van der Waals surface area contributed by atoms with E-state index in [0.717, 1.165) is 17.2 Å². The summed E-state index contributed by atoms with van der Waals surface area (Å²) in [7, 11) is 2.68. The predicted octanol–water partition coefficient (Wildman–Crippen LogP) is 1.03. The Bertz CT molecular complexity index is 176. The van der Waals surface area contributed by atoms with Crippen LogP contribution in [0.15, 0.2) is 0 Å². The molecule has 0 radical (unpaired) electrons. The second kappa shape index (κ2) is 5.40. The van der Waals surface area contributed by atoms with Gasteiger partial charge in [-0.1, -0.05) is 0 Å². The van der Waals surface area contributed by atoms with Gasteiger partial charge in [0.15, 0.2) is 0 Å². The molecular formula is C10H24NO3Si+. The molecule has 1 aliphatic rings. The third-order valence-electron chi connectivity index (χ3n) is 3.65. The maximum absolute atomic E-state index is 5.50. The fourth-order valence-electron chi connectivity index (χ4n) is 2.45. The predicted molar refractivity (Wildman–Crippen MR) is 61.4 cm³/mol. The molecular weight excluding hydrogens is 210 g/mol. The summed E-state index contributed by atoms with van der Waals surface area (Å²) in [5.74, 6) is 0. The van der Waals surface area contributed by atoms with Crippen molar-refractivity contribution in [2.75, 3.05) is 47.1 Å². The van der Waals surface area contributed by atoms with Gasteiger partial charge >= 0.3 is 8.80 Å². The van der Waals surface area contributed by atoms with Gasteiger partial charge in [-0.15, -0.1) is 0 Å². The Hall–Kier alpha value is 0.0569. The Balaban J connectivity index is 2.70. The first-order chi connectivity index (χ1) is 7.16. The number of hydrogen-bond donors (Lipinski definition) is 0. The summed E-state index contributed by atoms with van der Waals surface area (Å²) in [4.78, 5) is 0. The number of likely N-dealkylation sites (tertiary alicyclic amines) is 1. The molecule has 15 heavy (non-hydrogen) atoms. The molecule has 0 aliphatic carbocycles. The summed E-state index contributed by atoms with van der Waals surface area (Å²) in [6.07, 6.45) is 3.54. The zero-order valence-electron chi connectivity index (χ0n) is 10.4. The number of quaternary nitrogens is 1. The maximum atomic E-state index is 5.50. The van der Waals surface area contributed by atoms with E-state index in [1.807, 2.05) is 0 Å². The quantitative estimate of drug-likeness (QED) is 0.507. The van der Waals surface area contributed by atoms with Crippen molar-refractivity contribution in [1.82, 2.24) is 0 Å². The van der Waals surface area contributed by atoms with Crippen molar-refractivity contribution in [1.29, 1.82) is 0 Å². The van der Waals surface area contributed by atoms with Crippen molar-refractivity contribution in [3.63, 3.8) is 0 Å². The Morgan fingerprint density at radius 2 is 1.47 bits per heavy atom. The van der Waals surface area contributed by atoms with Gasteiger partial charge in [0.2, 0.25) is 0 Å². The van der Waals surface area contributed by atoms with Crippen LogP contribution in [0.25, 0.3) is 0 Å². The van der Waals surface area contributed by atoms with E-state index in [2.05, 4.69) is 6.92 Å². The minimum absolute atomic E-state index is 0.910. The van der Waals surface area contributed by atoms with Gasteiger partial charge in [-0.2, -0.15) is 0 Å². The maximum Gasteiger partial charge on any atom is 0.558 e. The number of hydrogen-bond acceptors (Lipinski definition) is 3. The molecule has 0 amide bonds. The van der Waals surface area contributed by atoms with Crippen LogP contribution in [0, 0.1) is 0 Å². The van der Waals surface area contributed by atoms with Crippen LogP contribution in [-0.2, 0) is 13.3 Å². The van der Waals surface area contributed by atoms with E-state index in [0.29, 0.717) is 0 Å². The summed E-state index contributed by atoms with van der Waals surface area (Å²) in [6, 6.07) is 0. The van der Waals surface area contributed by atoms with Gasteiger partial charge in [-0.05, 0) is 6.92 Å². The van der Waals surface area contributed by atoms with Crippen LogP contribution >= 0.6 is 0 Å². The lowest BCUT2D eigenvalue weighted by Gasteiger charge is -2.38. The fourth-order valence-corrected chi connectivity index (χ4v) is 4.70. The van der Waals surface area contributed by atoms with Crippen LogP contribution in [-0.4, -0.2) is 60.4 Å². The Morgan fingerprint density at radius 3 is 1.80 bits per heavy atom. The van der Waals surface area contributed by atoms with Gasteiger partial charge in [0, 0.05) is 34.2 Å². The van der Waals surface area contributed by atoms with E-state index in [9.17, 15) is 0 Å². The SMILES string of the molecule is CC[N+]1(C[Si](OC)(OC)OC)CCCC1. The molecule has 0 aromatic carbocycles. The van der Waals surface area contributed by atoms with E-state index in [-0.39, 0.29) is 0 Å². The molecule has 0 saturated carbocycles. The summed E-state index contributed by atoms with van der Waals surface area (Å²) in [5, 5.41) is 0. The Morgan fingerprint density at radius 1 is 1.00 bits per heavy atom. The minimum atomic E-state index is -2.40. The van der Waals surface area contributed by atoms with Gasteiger partial charge in [-0.25, -0.2) is 0 Å². The minimum Gasteiger partial charge on any atom is -0.374 e. The Labute approximate surface area is 94.1 Å². The average molecular weight is 234 g/mol. The van der Waals surface area contributed by atoms with Gasteiger partial charge in [0.25, 0.3) is 0 Å². The lowest BCUT2D eigenvalue weighted by molar-refractivity contribution is -0.907. The van der Waals surface area contributed by atoms with Crippen LogP contribution < -0.4 is 0 Å². The van der Waals surface area contributed by atoms with E-state index >= 15 is 0 Å². The number of rotatable bonds is 6. The average Bonchev–Trinajstić information content (AvgIpc) is 2.75.